The van der Waals surface area contributed by atoms with Gasteiger partial charge in [0, 0.05) is 42.6 Å². The van der Waals surface area contributed by atoms with Crippen LogP contribution in [-0.4, -0.2) is 48.9 Å². The summed E-state index contributed by atoms with van der Waals surface area (Å²) >= 11 is 0. The first-order valence-corrected chi connectivity index (χ1v) is 12.7. The summed E-state index contributed by atoms with van der Waals surface area (Å²) in [5.41, 5.74) is 2.84. The lowest BCUT2D eigenvalue weighted by Gasteiger charge is -2.25. The number of hydrogen-bond donors (Lipinski definition) is 4. The number of rotatable bonds is 9. The number of aliphatic imine (C=N–C) groups is 1. The van der Waals surface area contributed by atoms with E-state index in [1.165, 1.54) is 12.7 Å². The number of anilines is 1. The second-order valence-corrected chi connectivity index (χ2v) is 8.35. The van der Waals surface area contributed by atoms with Gasteiger partial charge in [-0.1, -0.05) is 51.1 Å². The molecule has 3 amide bonds. The first-order chi connectivity index (χ1) is 18.4. The topological polar surface area (TPSA) is 107 Å². The minimum Gasteiger partial charge on any atom is -0.495 e. The van der Waals surface area contributed by atoms with Crippen LogP contribution in [0.25, 0.3) is 0 Å². The number of hydrogen-bond acceptors (Lipinski definition) is 6. The van der Waals surface area contributed by atoms with E-state index in [9.17, 15) is 9.59 Å². The highest BCUT2D eigenvalue weighted by Crippen LogP contribution is 2.25. The molecule has 2 aromatic carbocycles. The summed E-state index contributed by atoms with van der Waals surface area (Å²) in [6, 6.07) is 17.2. The van der Waals surface area contributed by atoms with Crippen LogP contribution in [0, 0.1) is 12.0 Å². The van der Waals surface area contributed by atoms with E-state index in [0.29, 0.717) is 23.5 Å². The van der Waals surface area contributed by atoms with Crippen molar-refractivity contribution in [2.45, 2.75) is 47.2 Å². The maximum Gasteiger partial charge on any atom is 0.325 e. The van der Waals surface area contributed by atoms with Gasteiger partial charge in [0.25, 0.3) is 5.91 Å². The second-order valence-electron chi connectivity index (χ2n) is 8.35. The molecule has 0 aromatic heterocycles. The molecule has 0 saturated carbocycles. The molecule has 1 aliphatic rings. The fourth-order valence-corrected chi connectivity index (χ4v) is 3.56. The van der Waals surface area contributed by atoms with Crippen LogP contribution in [0.4, 0.5) is 10.5 Å². The third-order valence-corrected chi connectivity index (χ3v) is 5.38. The summed E-state index contributed by atoms with van der Waals surface area (Å²) in [7, 11) is 1.48. The van der Waals surface area contributed by atoms with Crippen molar-refractivity contribution in [3.63, 3.8) is 0 Å². The molecule has 38 heavy (non-hydrogen) atoms. The Morgan fingerprint density at radius 2 is 1.87 bits per heavy atom. The summed E-state index contributed by atoms with van der Waals surface area (Å²) < 4.78 is 5.41. The summed E-state index contributed by atoms with van der Waals surface area (Å²) in [6.07, 6.45) is 1.55. The maximum atomic E-state index is 12.9. The van der Waals surface area contributed by atoms with Gasteiger partial charge in [-0.05, 0) is 50.1 Å². The number of amides is 3. The molecule has 2 aromatic rings. The molecule has 0 radical (unpaired) electrons. The molecular weight excluding hydrogens is 480 g/mol. The van der Waals surface area contributed by atoms with E-state index in [0.717, 1.165) is 18.8 Å². The smallest absolute Gasteiger partial charge is 0.325 e. The van der Waals surface area contributed by atoms with E-state index in [-0.39, 0.29) is 17.8 Å². The zero-order chi connectivity index (χ0) is 27.9. The Morgan fingerprint density at radius 3 is 2.55 bits per heavy atom. The average Bonchev–Trinajstić information content (AvgIpc) is 3.13. The molecule has 9 heteroatoms. The minimum absolute atomic E-state index is 0.0654. The van der Waals surface area contributed by atoms with Crippen LogP contribution in [-0.2, 0) is 6.54 Å². The number of benzene rings is 2. The average molecular weight is 519 g/mol. The van der Waals surface area contributed by atoms with Gasteiger partial charge in [0.2, 0.25) is 0 Å². The lowest BCUT2D eigenvalue weighted by Crippen LogP contribution is -2.41. The molecule has 3 rings (SSSR count). The van der Waals surface area contributed by atoms with Crippen LogP contribution >= 0.6 is 0 Å². The summed E-state index contributed by atoms with van der Waals surface area (Å²) in [4.78, 5) is 31.7. The molecule has 1 aliphatic heterocycles. The van der Waals surface area contributed by atoms with Gasteiger partial charge in [-0.3, -0.25) is 15.0 Å². The van der Waals surface area contributed by atoms with E-state index in [1.807, 2.05) is 45.9 Å². The van der Waals surface area contributed by atoms with Crippen molar-refractivity contribution < 1.29 is 14.3 Å². The Balaban J connectivity index is 0.00000247. The Bertz CT molecular complexity index is 1200. The number of ether oxygens (including phenoxy) is 1. The van der Waals surface area contributed by atoms with E-state index in [2.05, 4.69) is 62.2 Å². The number of amidine groups is 1. The molecule has 0 saturated heterocycles. The van der Waals surface area contributed by atoms with Gasteiger partial charge in [-0.15, -0.1) is 0 Å². The summed E-state index contributed by atoms with van der Waals surface area (Å²) in [5.74, 6) is 3.05. The highest BCUT2D eigenvalue weighted by molar-refractivity contribution is 6.11. The van der Waals surface area contributed by atoms with Gasteiger partial charge in [0.15, 0.2) is 5.84 Å². The summed E-state index contributed by atoms with van der Waals surface area (Å²) in [6.45, 7) is 12.3. The van der Waals surface area contributed by atoms with E-state index < -0.39 is 6.03 Å². The van der Waals surface area contributed by atoms with Crippen molar-refractivity contribution in [2.75, 3.05) is 25.5 Å². The largest absolute Gasteiger partial charge is 0.495 e. The maximum absolute atomic E-state index is 12.9. The standard InChI is InChI=1S/C27H32N6O3.C2H6/c1-5-33(18-21-9-7-6-8-10-21)17-20(3)30-26(34)22-11-12-23(24(15-22)36-4)31-27(35)32-25-13-14-28-19(2)16-29-25;1-2/h6-12,15-16,20,28H,5,17-18H2,1-4H3,(H,30,34)(H2,29,31,32,35);1-2H3. The van der Waals surface area contributed by atoms with Crippen LogP contribution in [0.2, 0.25) is 0 Å². The van der Waals surface area contributed by atoms with Crippen LogP contribution < -0.4 is 26.0 Å². The highest BCUT2D eigenvalue weighted by atomic mass is 16.5. The van der Waals surface area contributed by atoms with Crippen molar-refractivity contribution >= 4 is 23.5 Å². The van der Waals surface area contributed by atoms with E-state index >= 15 is 0 Å². The molecule has 1 atom stereocenters. The summed E-state index contributed by atoms with van der Waals surface area (Å²) in [5, 5.41) is 11.2. The number of urea groups is 1. The highest BCUT2D eigenvalue weighted by Gasteiger charge is 2.16. The molecular formula is C29H38N6O3. The zero-order valence-electron chi connectivity index (χ0n) is 23.0. The van der Waals surface area contributed by atoms with E-state index in [4.69, 9.17) is 4.74 Å². The van der Waals surface area contributed by atoms with Crippen molar-refractivity contribution in [3.8, 4) is 17.7 Å². The van der Waals surface area contributed by atoms with Crippen molar-refractivity contribution in [1.82, 2.24) is 20.9 Å². The molecule has 1 heterocycles. The third kappa shape index (κ3) is 9.64. The normalized spacial score (nSPS) is 12.6. The predicted molar refractivity (Wildman–Crippen MR) is 153 cm³/mol. The lowest BCUT2D eigenvalue weighted by atomic mass is 10.1. The van der Waals surface area contributed by atoms with Gasteiger partial charge < -0.3 is 20.7 Å². The number of carbonyl (C=O) groups excluding carboxylic acids is 2. The molecule has 1 unspecified atom stereocenters. The van der Waals surface area contributed by atoms with Gasteiger partial charge in [-0.25, -0.2) is 9.79 Å². The molecule has 0 fully saturated rings. The minimum atomic E-state index is -0.529. The first-order valence-electron chi connectivity index (χ1n) is 12.7. The Kier molecular flexibility index (Phi) is 12.4. The SMILES string of the molecule is CC.CCN(Cc1ccccc1)CC(C)NC(=O)c1ccc(NC(=O)NC2=NC=C(C)NC#C2)c(OC)c1. The van der Waals surface area contributed by atoms with Crippen LogP contribution in [0.15, 0.2) is 65.4 Å². The van der Waals surface area contributed by atoms with Gasteiger partial charge >= 0.3 is 6.03 Å². The third-order valence-electron chi connectivity index (χ3n) is 5.38. The fraction of sp³-hybridized carbons (Fsp3) is 0.345. The zero-order valence-corrected chi connectivity index (χ0v) is 23.0. The molecule has 9 nitrogen and oxygen atoms in total. The van der Waals surface area contributed by atoms with Gasteiger partial charge in [0.05, 0.1) is 12.8 Å². The van der Waals surface area contributed by atoms with Crippen LogP contribution in [0.5, 0.6) is 5.75 Å². The molecule has 0 spiro atoms. The number of nitrogens with one attached hydrogen (secondary N) is 4. The van der Waals surface area contributed by atoms with Gasteiger partial charge in [0.1, 0.15) is 5.75 Å². The Hall–Kier alpha value is -4.29. The molecule has 0 aliphatic carbocycles. The van der Waals surface area contributed by atoms with E-state index in [1.54, 1.807) is 24.4 Å². The van der Waals surface area contributed by atoms with Gasteiger partial charge in [-0.2, -0.15) is 0 Å². The predicted octanol–water partition coefficient (Wildman–Crippen LogP) is 4.31. The van der Waals surface area contributed by atoms with Crippen LogP contribution in [0.3, 0.4) is 0 Å². The quantitative estimate of drug-likeness (QED) is 0.370. The monoisotopic (exact) mass is 518 g/mol. The van der Waals surface area contributed by atoms with Crippen molar-refractivity contribution in [3.05, 3.63) is 71.6 Å². The number of likely N-dealkylation sites (N-methyl/N-ethyl adjacent to an activating group) is 1. The first kappa shape index (κ1) is 29.9. The molecule has 0 bridgehead atoms. The molecule has 4 N–H and O–H groups in total. The number of carbonyl (C=O) groups is 2. The van der Waals surface area contributed by atoms with Crippen molar-refractivity contribution in [2.24, 2.45) is 4.99 Å². The Labute approximate surface area is 225 Å². The Morgan fingerprint density at radius 1 is 1.13 bits per heavy atom. The number of allylic oxidation sites excluding steroid dienone is 1. The lowest BCUT2D eigenvalue weighted by molar-refractivity contribution is 0.0928. The second kappa shape index (κ2) is 15.7. The molecule has 202 valence electrons. The number of nitrogens with zero attached hydrogens (tertiary/aromatic N) is 2. The van der Waals surface area contributed by atoms with Crippen molar-refractivity contribution in [1.29, 1.82) is 0 Å². The number of methoxy groups -OCH3 is 1. The van der Waals surface area contributed by atoms with Crippen LogP contribution in [0.1, 0.15) is 50.5 Å². The fourth-order valence-electron chi connectivity index (χ4n) is 3.56.